The normalized spacial score (nSPS) is 28.0. The highest BCUT2D eigenvalue weighted by molar-refractivity contribution is 8.00. The minimum atomic E-state index is -0.181. The van der Waals surface area contributed by atoms with E-state index in [1.165, 1.54) is 10.5 Å². The number of piperazine rings is 1. The molecule has 2 saturated heterocycles. The van der Waals surface area contributed by atoms with E-state index in [9.17, 15) is 9.59 Å². The maximum atomic E-state index is 12.5. The first-order chi connectivity index (χ1) is 10.2. The Morgan fingerprint density at radius 3 is 2.95 bits per heavy atom. The van der Waals surface area contributed by atoms with Crippen LogP contribution in [0.5, 0.6) is 0 Å². The molecule has 110 valence electrons. The Morgan fingerprint density at radius 2 is 2.10 bits per heavy atom. The van der Waals surface area contributed by atoms with Crippen molar-refractivity contribution in [3.8, 4) is 0 Å². The van der Waals surface area contributed by atoms with E-state index in [1.807, 2.05) is 11.8 Å². The average Bonchev–Trinajstić information content (AvgIpc) is 3.10. The van der Waals surface area contributed by atoms with Gasteiger partial charge in [0.2, 0.25) is 11.8 Å². The highest BCUT2D eigenvalue weighted by Gasteiger charge is 2.42. The van der Waals surface area contributed by atoms with Gasteiger partial charge in [0.1, 0.15) is 6.04 Å². The van der Waals surface area contributed by atoms with Crippen molar-refractivity contribution in [2.24, 2.45) is 0 Å². The summed E-state index contributed by atoms with van der Waals surface area (Å²) in [7, 11) is 0. The van der Waals surface area contributed by atoms with Crippen LogP contribution in [-0.2, 0) is 16.0 Å². The Balaban J connectivity index is 1.46. The molecule has 0 N–H and O–H groups in total. The zero-order valence-electron chi connectivity index (χ0n) is 11.8. The predicted molar refractivity (Wildman–Crippen MR) is 81.1 cm³/mol. The van der Waals surface area contributed by atoms with Crippen molar-refractivity contribution in [2.45, 2.75) is 35.4 Å². The Kier molecular flexibility index (Phi) is 3.17. The van der Waals surface area contributed by atoms with Crippen LogP contribution in [0.2, 0.25) is 0 Å². The Hall–Kier alpha value is -1.49. The maximum absolute atomic E-state index is 12.5. The molecular formula is C16H18N2O2S. The second kappa shape index (κ2) is 5.05. The number of rotatable bonds is 2. The lowest BCUT2D eigenvalue weighted by Gasteiger charge is -2.37. The van der Waals surface area contributed by atoms with Crippen molar-refractivity contribution in [2.75, 3.05) is 19.6 Å². The molecule has 2 atom stereocenters. The molecule has 2 fully saturated rings. The van der Waals surface area contributed by atoms with Crippen molar-refractivity contribution in [1.82, 2.24) is 9.80 Å². The molecule has 0 bridgehead atoms. The summed E-state index contributed by atoms with van der Waals surface area (Å²) < 4.78 is 0. The van der Waals surface area contributed by atoms with E-state index in [-0.39, 0.29) is 24.4 Å². The lowest BCUT2D eigenvalue weighted by atomic mass is 10.1. The number of hydrogen-bond acceptors (Lipinski definition) is 3. The lowest BCUT2D eigenvalue weighted by Crippen LogP contribution is -2.58. The first-order valence-corrected chi connectivity index (χ1v) is 8.43. The number of carbonyl (C=O) groups excluding carboxylic acids is 2. The zero-order valence-corrected chi connectivity index (χ0v) is 12.6. The summed E-state index contributed by atoms with van der Waals surface area (Å²) in [6.45, 7) is 1.71. The van der Waals surface area contributed by atoms with E-state index in [1.54, 1.807) is 9.80 Å². The van der Waals surface area contributed by atoms with Crippen LogP contribution in [0, 0.1) is 0 Å². The van der Waals surface area contributed by atoms with Crippen molar-refractivity contribution in [1.29, 1.82) is 0 Å². The minimum absolute atomic E-state index is 0.123. The summed E-state index contributed by atoms with van der Waals surface area (Å²) in [5, 5.41) is 0.382. The van der Waals surface area contributed by atoms with Gasteiger partial charge in [0.05, 0.1) is 6.54 Å². The van der Waals surface area contributed by atoms with E-state index < -0.39 is 0 Å². The van der Waals surface area contributed by atoms with Gasteiger partial charge in [0, 0.05) is 23.2 Å². The highest BCUT2D eigenvalue weighted by Crippen LogP contribution is 2.37. The van der Waals surface area contributed by atoms with Crippen molar-refractivity contribution >= 4 is 23.6 Å². The van der Waals surface area contributed by atoms with Gasteiger partial charge in [0.25, 0.3) is 0 Å². The summed E-state index contributed by atoms with van der Waals surface area (Å²) in [6, 6.07) is 8.24. The van der Waals surface area contributed by atoms with E-state index in [0.29, 0.717) is 11.8 Å². The van der Waals surface area contributed by atoms with E-state index in [4.69, 9.17) is 0 Å². The van der Waals surface area contributed by atoms with E-state index in [2.05, 4.69) is 24.3 Å². The fourth-order valence-corrected chi connectivity index (χ4v) is 4.96. The Labute approximate surface area is 128 Å². The summed E-state index contributed by atoms with van der Waals surface area (Å²) >= 11 is 1.84. The number of hydrogen-bond donors (Lipinski definition) is 0. The van der Waals surface area contributed by atoms with Crippen LogP contribution in [0.25, 0.3) is 0 Å². The standard InChI is InChI=1S/C16H18N2O2S/c19-15-10-17(16(20)13-5-3-7-18(13)15)9-12-8-11-4-1-2-6-14(11)21-12/h1-2,4,6,12-13H,3,5,7-10H2. The molecule has 2 unspecified atom stereocenters. The fraction of sp³-hybridized carbons (Fsp3) is 0.500. The van der Waals surface area contributed by atoms with Gasteiger partial charge in [-0.1, -0.05) is 18.2 Å². The molecule has 3 aliphatic heterocycles. The second-order valence-electron chi connectivity index (χ2n) is 6.02. The molecule has 4 nitrogen and oxygen atoms in total. The third-order valence-electron chi connectivity index (χ3n) is 4.63. The van der Waals surface area contributed by atoms with Gasteiger partial charge in [-0.05, 0) is 30.9 Å². The summed E-state index contributed by atoms with van der Waals surface area (Å²) in [6.07, 6.45) is 2.78. The Morgan fingerprint density at radius 1 is 1.24 bits per heavy atom. The van der Waals surface area contributed by atoms with Crippen LogP contribution in [0.4, 0.5) is 0 Å². The lowest BCUT2D eigenvalue weighted by molar-refractivity contribution is -0.153. The molecule has 0 aliphatic carbocycles. The number of thioether (sulfide) groups is 1. The van der Waals surface area contributed by atoms with Gasteiger partial charge < -0.3 is 9.80 Å². The van der Waals surface area contributed by atoms with Crippen LogP contribution >= 0.6 is 11.8 Å². The zero-order chi connectivity index (χ0) is 14.4. The quantitative estimate of drug-likeness (QED) is 0.832. The fourth-order valence-electron chi connectivity index (χ4n) is 3.62. The van der Waals surface area contributed by atoms with Gasteiger partial charge in [-0.15, -0.1) is 11.8 Å². The van der Waals surface area contributed by atoms with Gasteiger partial charge in [-0.2, -0.15) is 0 Å². The van der Waals surface area contributed by atoms with Crippen LogP contribution in [-0.4, -0.2) is 52.5 Å². The molecule has 21 heavy (non-hydrogen) atoms. The minimum Gasteiger partial charge on any atom is -0.330 e. The van der Waals surface area contributed by atoms with Gasteiger partial charge in [-0.25, -0.2) is 0 Å². The van der Waals surface area contributed by atoms with Crippen molar-refractivity contribution in [3.05, 3.63) is 29.8 Å². The monoisotopic (exact) mass is 302 g/mol. The number of amides is 2. The molecule has 3 heterocycles. The Bertz CT molecular complexity index is 579. The molecule has 0 radical (unpaired) electrons. The summed E-state index contributed by atoms with van der Waals surface area (Å²) in [5.41, 5.74) is 1.37. The molecule has 1 aromatic carbocycles. The third kappa shape index (κ3) is 2.24. The molecule has 1 aromatic rings. The average molecular weight is 302 g/mol. The van der Waals surface area contributed by atoms with Gasteiger partial charge in [-0.3, -0.25) is 9.59 Å². The van der Waals surface area contributed by atoms with Crippen LogP contribution in [0.1, 0.15) is 18.4 Å². The molecule has 3 aliphatic rings. The molecular weight excluding hydrogens is 284 g/mol. The first kappa shape index (κ1) is 13.2. The van der Waals surface area contributed by atoms with Crippen LogP contribution < -0.4 is 0 Å². The molecule has 0 saturated carbocycles. The third-order valence-corrected chi connectivity index (χ3v) is 5.94. The van der Waals surface area contributed by atoms with Gasteiger partial charge in [0.15, 0.2) is 0 Å². The molecule has 5 heteroatoms. The summed E-state index contributed by atoms with van der Waals surface area (Å²) in [4.78, 5) is 29.6. The SMILES string of the molecule is O=C1C2CCCN2C(=O)CN1CC1Cc2ccccc2S1. The second-order valence-corrected chi connectivity index (χ2v) is 7.36. The van der Waals surface area contributed by atoms with Crippen molar-refractivity contribution in [3.63, 3.8) is 0 Å². The predicted octanol–water partition coefficient (Wildman–Crippen LogP) is 1.54. The topological polar surface area (TPSA) is 40.6 Å². The molecule has 0 spiro atoms. The summed E-state index contributed by atoms with van der Waals surface area (Å²) in [5.74, 6) is 0.279. The van der Waals surface area contributed by atoms with Gasteiger partial charge >= 0.3 is 0 Å². The van der Waals surface area contributed by atoms with Crippen molar-refractivity contribution < 1.29 is 9.59 Å². The number of carbonyl (C=O) groups is 2. The first-order valence-electron chi connectivity index (χ1n) is 7.55. The smallest absolute Gasteiger partial charge is 0.245 e. The number of benzene rings is 1. The maximum Gasteiger partial charge on any atom is 0.245 e. The van der Waals surface area contributed by atoms with Crippen LogP contribution in [0.3, 0.4) is 0 Å². The van der Waals surface area contributed by atoms with E-state index >= 15 is 0 Å². The number of nitrogens with zero attached hydrogens (tertiary/aromatic N) is 2. The molecule has 4 rings (SSSR count). The largest absolute Gasteiger partial charge is 0.330 e. The highest BCUT2D eigenvalue weighted by atomic mass is 32.2. The van der Waals surface area contributed by atoms with Crippen LogP contribution in [0.15, 0.2) is 29.2 Å². The molecule has 0 aromatic heterocycles. The number of fused-ring (bicyclic) bond motifs is 2. The van der Waals surface area contributed by atoms with E-state index in [0.717, 1.165) is 25.8 Å². The molecule has 2 amide bonds.